The summed E-state index contributed by atoms with van der Waals surface area (Å²) < 4.78 is 21.4. The van der Waals surface area contributed by atoms with Gasteiger partial charge in [0.05, 0.1) is 39.0 Å². The van der Waals surface area contributed by atoms with Gasteiger partial charge in [-0.1, -0.05) is 90.4 Å². The molecule has 0 fully saturated rings. The Hall–Kier alpha value is -3.27. The van der Waals surface area contributed by atoms with Crippen LogP contribution in [0.2, 0.25) is 0 Å². The number of ether oxygens (including phenoxy) is 4. The van der Waals surface area contributed by atoms with Crippen molar-refractivity contribution in [1.29, 1.82) is 0 Å². The number of ketones is 3. The molecule has 0 spiro atoms. The number of nitrogens with one attached hydrogen (secondary N) is 2. The first-order valence-corrected chi connectivity index (χ1v) is 22.7. The van der Waals surface area contributed by atoms with E-state index in [1.54, 1.807) is 6.92 Å². The van der Waals surface area contributed by atoms with Gasteiger partial charge in [0.1, 0.15) is 30.6 Å². The van der Waals surface area contributed by atoms with E-state index in [2.05, 4.69) is 10.6 Å². The number of carbonyl (C=O) groups excluding carboxylic acids is 5. The second-order valence-corrected chi connectivity index (χ2v) is 15.8. The van der Waals surface area contributed by atoms with Gasteiger partial charge in [0.25, 0.3) is 0 Å². The van der Waals surface area contributed by atoms with Crippen LogP contribution in [0.4, 0.5) is 0 Å². The van der Waals surface area contributed by atoms with Crippen molar-refractivity contribution in [1.82, 2.24) is 10.6 Å². The van der Waals surface area contributed by atoms with E-state index in [9.17, 15) is 38.7 Å². The van der Waals surface area contributed by atoms with Crippen molar-refractivity contribution in [2.24, 2.45) is 11.8 Å². The second kappa shape index (κ2) is 41.1. The van der Waals surface area contributed by atoms with Crippen LogP contribution < -0.4 is 10.6 Å². The van der Waals surface area contributed by atoms with Gasteiger partial charge >= 0.3 is 11.9 Å². The van der Waals surface area contributed by atoms with Crippen LogP contribution in [-0.4, -0.2) is 117 Å². The van der Waals surface area contributed by atoms with Gasteiger partial charge in [-0.2, -0.15) is 0 Å². The van der Waals surface area contributed by atoms with Crippen molar-refractivity contribution in [3.8, 4) is 0 Å². The molecule has 348 valence electrons. The summed E-state index contributed by atoms with van der Waals surface area (Å²) in [4.78, 5) is 81.9. The lowest BCUT2D eigenvalue weighted by Gasteiger charge is -2.11. The monoisotopic (exact) mass is 857 g/mol. The predicted octanol–water partition coefficient (Wildman–Crippen LogP) is 6.80. The highest BCUT2D eigenvalue weighted by Gasteiger charge is 2.22. The number of carbonyl (C=O) groups is 7. The first-order chi connectivity index (χ1) is 28.9. The van der Waals surface area contributed by atoms with Crippen molar-refractivity contribution in [3.05, 3.63) is 0 Å². The summed E-state index contributed by atoms with van der Waals surface area (Å²) in [5.41, 5.74) is 0. The zero-order chi connectivity index (χ0) is 44.5. The van der Waals surface area contributed by atoms with Crippen molar-refractivity contribution in [3.63, 3.8) is 0 Å². The summed E-state index contributed by atoms with van der Waals surface area (Å²) in [5.74, 6) is -2.99. The first kappa shape index (κ1) is 56.7. The summed E-state index contributed by atoms with van der Waals surface area (Å²) in [5, 5.41) is 23.7. The highest BCUT2D eigenvalue weighted by molar-refractivity contribution is 5.84. The molecule has 15 nitrogen and oxygen atoms in total. The Bertz CT molecular complexity index is 1170. The van der Waals surface area contributed by atoms with Crippen molar-refractivity contribution in [2.45, 2.75) is 168 Å². The summed E-state index contributed by atoms with van der Waals surface area (Å²) in [7, 11) is 0. The molecule has 0 aromatic heterocycles. The van der Waals surface area contributed by atoms with E-state index < -0.39 is 17.9 Å². The average molecular weight is 857 g/mol. The molecule has 0 bridgehead atoms. The van der Waals surface area contributed by atoms with E-state index in [1.807, 2.05) is 6.92 Å². The topological polar surface area (TPSA) is 221 Å². The molecule has 0 aromatic carbocycles. The van der Waals surface area contributed by atoms with Gasteiger partial charge in [0, 0.05) is 57.7 Å². The normalized spacial score (nSPS) is 12.2. The Morgan fingerprint density at radius 1 is 0.467 bits per heavy atom. The number of hydrogen-bond acceptors (Lipinski definition) is 11. The fraction of sp³-hybridized carbons (Fsp3) is 0.844. The number of rotatable bonds is 46. The molecule has 0 saturated carbocycles. The molecule has 2 atom stereocenters. The van der Waals surface area contributed by atoms with Gasteiger partial charge in [0.2, 0.25) is 11.8 Å². The Labute approximate surface area is 359 Å². The lowest BCUT2D eigenvalue weighted by molar-refractivity contribution is -0.144. The molecule has 0 radical (unpaired) electrons. The van der Waals surface area contributed by atoms with Crippen LogP contribution in [0.3, 0.4) is 0 Å². The molecule has 0 heterocycles. The largest absolute Gasteiger partial charge is 0.481 e. The Kier molecular flexibility index (Phi) is 38.9. The molecule has 15 heteroatoms. The third-order valence-electron chi connectivity index (χ3n) is 10.3. The third kappa shape index (κ3) is 40.2. The van der Waals surface area contributed by atoms with Crippen LogP contribution in [0.25, 0.3) is 0 Å². The fourth-order valence-corrected chi connectivity index (χ4v) is 6.38. The summed E-state index contributed by atoms with van der Waals surface area (Å²) in [6, 6.07) is 0. The molecular weight excluding hydrogens is 776 g/mol. The van der Waals surface area contributed by atoms with Crippen LogP contribution in [0.15, 0.2) is 0 Å². The predicted molar refractivity (Wildman–Crippen MR) is 229 cm³/mol. The van der Waals surface area contributed by atoms with Crippen molar-refractivity contribution >= 4 is 41.1 Å². The number of aliphatic carboxylic acids is 2. The Morgan fingerprint density at radius 2 is 0.933 bits per heavy atom. The van der Waals surface area contributed by atoms with Crippen molar-refractivity contribution < 1.29 is 62.7 Å². The SMILES string of the molecule is CC(=O)[C@@H](C)CCCCNC(=O)COCCOCCNC(=O)COCCOCCCC(=O)CC[C@H](CC(=O)CCCCCCCCCCCCCCCCC(=O)O)C(=O)O. The van der Waals surface area contributed by atoms with Gasteiger partial charge in [-0.25, -0.2) is 0 Å². The lowest BCUT2D eigenvalue weighted by Crippen LogP contribution is -2.31. The molecular formula is C45H80N2O13. The lowest BCUT2D eigenvalue weighted by atomic mass is 9.93. The number of unbranched alkanes of at least 4 members (excludes halogenated alkanes) is 14. The van der Waals surface area contributed by atoms with E-state index in [1.165, 1.54) is 44.9 Å². The highest BCUT2D eigenvalue weighted by atomic mass is 16.5. The second-order valence-electron chi connectivity index (χ2n) is 15.8. The summed E-state index contributed by atoms with van der Waals surface area (Å²) in [6.07, 6.45) is 19.5. The maximum absolute atomic E-state index is 12.4. The zero-order valence-electron chi connectivity index (χ0n) is 37.1. The number of Topliss-reactive ketones (excluding diaryl/α,β-unsaturated/α-hetero) is 3. The van der Waals surface area contributed by atoms with Gasteiger partial charge in [-0.15, -0.1) is 0 Å². The number of amides is 2. The minimum absolute atomic E-state index is 0.0369. The molecule has 0 unspecified atom stereocenters. The summed E-state index contributed by atoms with van der Waals surface area (Å²) in [6.45, 7) is 5.75. The van der Waals surface area contributed by atoms with Crippen LogP contribution in [0.1, 0.15) is 168 Å². The number of hydrogen-bond donors (Lipinski definition) is 4. The van der Waals surface area contributed by atoms with Gasteiger partial charge in [-0.3, -0.25) is 33.6 Å². The minimum atomic E-state index is -1.04. The van der Waals surface area contributed by atoms with Crippen molar-refractivity contribution in [2.75, 3.05) is 65.9 Å². The number of carboxylic acids is 2. The standard InChI is InChI=1S/C45H80N2O13/c1-37(38(2)48)20-17-18-26-46-42(51)35-60-33-31-58-29-27-47-43(52)36-59-32-30-57-28-19-22-40(49)25-24-39(45(55)56)34-41(50)21-15-13-11-9-7-5-3-4-6-8-10-12-14-16-23-44(53)54/h37,39H,3-36H2,1-2H3,(H,46,51)(H,47,52)(H,53,54)(H,55,56)/t37-,39+/m0/s1. The van der Waals surface area contributed by atoms with Crippen LogP contribution in [0, 0.1) is 11.8 Å². The highest BCUT2D eigenvalue weighted by Crippen LogP contribution is 2.18. The first-order valence-electron chi connectivity index (χ1n) is 22.7. The molecule has 0 saturated heterocycles. The van der Waals surface area contributed by atoms with Crippen LogP contribution in [0.5, 0.6) is 0 Å². The van der Waals surface area contributed by atoms with Gasteiger partial charge < -0.3 is 39.8 Å². The molecule has 4 N–H and O–H groups in total. The Morgan fingerprint density at radius 3 is 1.45 bits per heavy atom. The molecule has 0 rings (SSSR count). The molecule has 2 amide bonds. The minimum Gasteiger partial charge on any atom is -0.481 e. The number of carboxylic acid groups (broad SMARTS) is 2. The van der Waals surface area contributed by atoms with E-state index >= 15 is 0 Å². The van der Waals surface area contributed by atoms with Crippen LogP contribution >= 0.6 is 0 Å². The Balaban J connectivity index is 3.65. The van der Waals surface area contributed by atoms with Gasteiger partial charge in [0.15, 0.2) is 0 Å². The maximum Gasteiger partial charge on any atom is 0.306 e. The summed E-state index contributed by atoms with van der Waals surface area (Å²) >= 11 is 0. The molecule has 0 aromatic rings. The van der Waals surface area contributed by atoms with E-state index in [4.69, 9.17) is 24.1 Å². The zero-order valence-corrected chi connectivity index (χ0v) is 37.1. The molecule has 0 aliphatic rings. The fourth-order valence-electron chi connectivity index (χ4n) is 6.38. The van der Waals surface area contributed by atoms with Crippen LogP contribution in [-0.2, 0) is 52.5 Å². The van der Waals surface area contributed by atoms with Gasteiger partial charge in [-0.05, 0) is 45.4 Å². The molecule has 60 heavy (non-hydrogen) atoms. The molecule has 0 aliphatic carbocycles. The van der Waals surface area contributed by atoms with E-state index in [0.717, 1.165) is 64.2 Å². The maximum atomic E-state index is 12.4. The van der Waals surface area contributed by atoms with E-state index in [-0.39, 0.29) is 113 Å². The molecule has 0 aliphatic heterocycles. The average Bonchev–Trinajstić information content (AvgIpc) is 3.20. The smallest absolute Gasteiger partial charge is 0.306 e. The third-order valence-corrected chi connectivity index (χ3v) is 10.3. The van der Waals surface area contributed by atoms with E-state index in [0.29, 0.717) is 32.5 Å². The quantitative estimate of drug-likeness (QED) is 0.0464.